The Hall–Kier alpha value is -2.86. The number of benzene rings is 3. The average Bonchev–Trinajstić information content (AvgIpc) is 2.90. The number of hydrogen-bond donors (Lipinski definition) is 0. The van der Waals surface area contributed by atoms with E-state index in [0.717, 1.165) is 17.7 Å². The Bertz CT molecular complexity index is 984. The molecular formula is C23H19F4NO. The first-order valence-corrected chi connectivity index (χ1v) is 9.29. The molecule has 0 unspecified atom stereocenters. The molecule has 1 heterocycles. The van der Waals surface area contributed by atoms with Gasteiger partial charge in [0.15, 0.2) is 11.6 Å². The number of halogens is 4. The molecule has 1 aliphatic rings. The zero-order valence-corrected chi connectivity index (χ0v) is 15.5. The molecule has 3 aromatic rings. The summed E-state index contributed by atoms with van der Waals surface area (Å²) in [4.78, 5) is 2.16. The molecule has 0 saturated carbocycles. The molecule has 0 radical (unpaired) electrons. The lowest BCUT2D eigenvalue weighted by molar-refractivity contribution is -0.137. The van der Waals surface area contributed by atoms with Crippen LogP contribution in [-0.2, 0) is 19.3 Å². The van der Waals surface area contributed by atoms with Gasteiger partial charge in [-0.15, -0.1) is 0 Å². The van der Waals surface area contributed by atoms with Crippen LogP contribution in [0.25, 0.3) is 11.1 Å². The van der Waals surface area contributed by atoms with Crippen LogP contribution in [0, 0.1) is 5.82 Å². The van der Waals surface area contributed by atoms with Gasteiger partial charge in [0.2, 0.25) is 0 Å². The van der Waals surface area contributed by atoms with Crippen LogP contribution in [0.4, 0.5) is 17.6 Å². The smallest absolute Gasteiger partial charge is 0.416 e. The van der Waals surface area contributed by atoms with Crippen molar-refractivity contribution < 1.29 is 22.3 Å². The standard InChI is InChI=1S/C23H19F4NO/c24-21-13-18(17-6-8-20(9-7-17)23(25,26)27)12-19-15-28(10-11-29-22(19)21)14-16-4-2-1-3-5-16/h1-9,12-13H,10-11,14-15H2. The predicted molar refractivity (Wildman–Crippen MR) is 103 cm³/mol. The molecule has 0 amide bonds. The first kappa shape index (κ1) is 19.5. The molecule has 3 aromatic carbocycles. The quantitative estimate of drug-likeness (QED) is 0.506. The number of fused-ring (bicyclic) bond motifs is 1. The zero-order chi connectivity index (χ0) is 20.4. The van der Waals surface area contributed by atoms with Crippen molar-refractivity contribution in [1.82, 2.24) is 4.90 Å². The highest BCUT2D eigenvalue weighted by atomic mass is 19.4. The lowest BCUT2D eigenvalue weighted by atomic mass is 10.0. The van der Waals surface area contributed by atoms with Crippen molar-refractivity contribution in [1.29, 1.82) is 0 Å². The van der Waals surface area contributed by atoms with Gasteiger partial charge in [-0.2, -0.15) is 13.2 Å². The van der Waals surface area contributed by atoms with Gasteiger partial charge in [-0.05, 0) is 41.0 Å². The van der Waals surface area contributed by atoms with E-state index in [1.165, 1.54) is 18.2 Å². The molecule has 29 heavy (non-hydrogen) atoms. The Labute approximate surface area is 166 Å². The fraction of sp³-hybridized carbons (Fsp3) is 0.217. The van der Waals surface area contributed by atoms with Gasteiger partial charge in [-0.25, -0.2) is 4.39 Å². The van der Waals surface area contributed by atoms with E-state index >= 15 is 0 Å². The van der Waals surface area contributed by atoms with E-state index in [9.17, 15) is 17.6 Å². The van der Waals surface area contributed by atoms with E-state index in [0.29, 0.717) is 42.9 Å². The first-order chi connectivity index (χ1) is 13.9. The minimum Gasteiger partial charge on any atom is -0.489 e. The van der Waals surface area contributed by atoms with Crippen LogP contribution in [0.5, 0.6) is 5.75 Å². The molecule has 0 N–H and O–H groups in total. The van der Waals surface area contributed by atoms with Crippen molar-refractivity contribution in [2.75, 3.05) is 13.2 Å². The van der Waals surface area contributed by atoms with E-state index in [-0.39, 0.29) is 5.75 Å². The van der Waals surface area contributed by atoms with Crippen molar-refractivity contribution in [3.8, 4) is 16.9 Å². The topological polar surface area (TPSA) is 12.5 Å². The summed E-state index contributed by atoms with van der Waals surface area (Å²) >= 11 is 0. The zero-order valence-electron chi connectivity index (χ0n) is 15.5. The van der Waals surface area contributed by atoms with Crippen molar-refractivity contribution in [3.05, 3.63) is 89.2 Å². The molecule has 0 aromatic heterocycles. The minimum absolute atomic E-state index is 0.219. The molecule has 150 valence electrons. The average molecular weight is 401 g/mol. The predicted octanol–water partition coefficient (Wildman–Crippen LogP) is 5.91. The molecule has 0 spiro atoms. The number of nitrogens with zero attached hydrogens (tertiary/aromatic N) is 1. The van der Waals surface area contributed by atoms with Gasteiger partial charge in [-0.3, -0.25) is 4.90 Å². The second-order valence-electron chi connectivity index (χ2n) is 7.07. The Balaban J connectivity index is 1.62. The number of alkyl halides is 3. The van der Waals surface area contributed by atoms with Gasteiger partial charge in [-0.1, -0.05) is 42.5 Å². The van der Waals surface area contributed by atoms with Gasteiger partial charge in [0.1, 0.15) is 6.61 Å². The first-order valence-electron chi connectivity index (χ1n) is 9.29. The summed E-state index contributed by atoms with van der Waals surface area (Å²) < 4.78 is 58.7. The Morgan fingerprint density at radius 2 is 1.62 bits per heavy atom. The summed E-state index contributed by atoms with van der Waals surface area (Å²) in [5, 5.41) is 0. The lowest BCUT2D eigenvalue weighted by Crippen LogP contribution is -2.25. The van der Waals surface area contributed by atoms with E-state index in [4.69, 9.17) is 4.74 Å². The van der Waals surface area contributed by atoms with E-state index < -0.39 is 17.6 Å². The number of rotatable bonds is 3. The molecule has 0 atom stereocenters. The summed E-state index contributed by atoms with van der Waals surface area (Å²) in [5.41, 5.74) is 2.16. The third kappa shape index (κ3) is 4.43. The Kier molecular flexibility index (Phi) is 5.28. The van der Waals surface area contributed by atoms with Crippen LogP contribution >= 0.6 is 0 Å². The molecule has 0 saturated heterocycles. The summed E-state index contributed by atoms with van der Waals surface area (Å²) in [6, 6.07) is 17.8. The molecule has 0 aliphatic carbocycles. The normalized spacial score (nSPS) is 14.8. The third-order valence-corrected chi connectivity index (χ3v) is 4.96. The third-order valence-electron chi connectivity index (χ3n) is 4.96. The maximum atomic E-state index is 14.7. The number of hydrogen-bond acceptors (Lipinski definition) is 2. The van der Waals surface area contributed by atoms with E-state index in [1.807, 2.05) is 30.3 Å². The Morgan fingerprint density at radius 1 is 0.897 bits per heavy atom. The largest absolute Gasteiger partial charge is 0.489 e. The van der Waals surface area contributed by atoms with Crippen LogP contribution in [0.3, 0.4) is 0 Å². The summed E-state index contributed by atoms with van der Waals surface area (Å²) in [6.07, 6.45) is -4.40. The van der Waals surface area contributed by atoms with Crippen molar-refractivity contribution >= 4 is 0 Å². The molecule has 1 aliphatic heterocycles. The van der Waals surface area contributed by atoms with Crippen LogP contribution in [-0.4, -0.2) is 18.1 Å². The fourth-order valence-electron chi connectivity index (χ4n) is 3.52. The highest BCUT2D eigenvalue weighted by Gasteiger charge is 2.30. The van der Waals surface area contributed by atoms with Gasteiger partial charge >= 0.3 is 6.18 Å². The highest BCUT2D eigenvalue weighted by Crippen LogP contribution is 2.34. The maximum Gasteiger partial charge on any atom is 0.416 e. The molecule has 0 fully saturated rings. The van der Waals surface area contributed by atoms with Crippen LogP contribution in [0.1, 0.15) is 16.7 Å². The van der Waals surface area contributed by atoms with E-state index in [2.05, 4.69) is 4.90 Å². The van der Waals surface area contributed by atoms with Crippen molar-refractivity contribution in [3.63, 3.8) is 0 Å². The van der Waals surface area contributed by atoms with Gasteiger partial charge < -0.3 is 4.74 Å². The molecular weight excluding hydrogens is 382 g/mol. The number of ether oxygens (including phenoxy) is 1. The molecule has 2 nitrogen and oxygen atoms in total. The summed E-state index contributed by atoms with van der Waals surface area (Å²) in [5.74, 6) is -0.282. The van der Waals surface area contributed by atoms with Gasteiger partial charge in [0.25, 0.3) is 0 Å². The van der Waals surface area contributed by atoms with Crippen molar-refractivity contribution in [2.24, 2.45) is 0 Å². The van der Waals surface area contributed by atoms with Crippen LogP contribution < -0.4 is 4.74 Å². The van der Waals surface area contributed by atoms with Crippen LogP contribution in [0.15, 0.2) is 66.7 Å². The maximum absolute atomic E-state index is 14.7. The monoisotopic (exact) mass is 401 g/mol. The van der Waals surface area contributed by atoms with E-state index in [1.54, 1.807) is 6.07 Å². The molecule has 6 heteroatoms. The summed E-state index contributed by atoms with van der Waals surface area (Å²) in [6.45, 7) is 2.22. The minimum atomic E-state index is -4.40. The SMILES string of the molecule is Fc1cc(-c2ccc(C(F)(F)F)cc2)cc2c1OCCN(Cc1ccccc1)C2. The molecule has 4 rings (SSSR count). The highest BCUT2D eigenvalue weighted by molar-refractivity contribution is 5.66. The Morgan fingerprint density at radius 3 is 2.31 bits per heavy atom. The van der Waals surface area contributed by atoms with Gasteiger partial charge in [0.05, 0.1) is 5.56 Å². The second-order valence-corrected chi connectivity index (χ2v) is 7.07. The lowest BCUT2D eigenvalue weighted by Gasteiger charge is -2.19. The van der Waals surface area contributed by atoms with Crippen LogP contribution in [0.2, 0.25) is 0 Å². The molecule has 0 bridgehead atoms. The van der Waals surface area contributed by atoms with Gasteiger partial charge in [0, 0.05) is 25.2 Å². The van der Waals surface area contributed by atoms with Crippen molar-refractivity contribution in [2.45, 2.75) is 19.3 Å². The fourth-order valence-corrected chi connectivity index (χ4v) is 3.52. The summed E-state index contributed by atoms with van der Waals surface area (Å²) in [7, 11) is 0. The second kappa shape index (κ2) is 7.87.